The summed E-state index contributed by atoms with van der Waals surface area (Å²) in [7, 11) is 0. The molecule has 0 aliphatic rings. The monoisotopic (exact) mass is 499 g/mol. The van der Waals surface area contributed by atoms with Crippen LogP contribution in [0.4, 0.5) is 5.69 Å². The molecule has 4 aromatic carbocycles. The summed E-state index contributed by atoms with van der Waals surface area (Å²) in [6.07, 6.45) is 0. The van der Waals surface area contributed by atoms with Gasteiger partial charge in [0, 0.05) is 22.2 Å². The Labute approximate surface area is 219 Å². The van der Waals surface area contributed by atoms with E-state index in [1.165, 1.54) is 21.4 Å². The van der Waals surface area contributed by atoms with Crippen molar-refractivity contribution in [3.8, 4) is 21.8 Å². The molecule has 0 radical (unpaired) electrons. The predicted molar refractivity (Wildman–Crippen MR) is 154 cm³/mol. The van der Waals surface area contributed by atoms with Crippen LogP contribution in [0.25, 0.3) is 42.9 Å². The number of aromatic nitrogens is 2. The number of nitrogens with zero attached hydrogens (tertiary/aromatic N) is 2. The molecular weight excluding hydrogens is 474 g/mol. The van der Waals surface area contributed by atoms with E-state index in [2.05, 4.69) is 62.5 Å². The maximum Gasteiger partial charge on any atom is 0.256 e. The molecule has 0 spiro atoms. The Kier molecular flexibility index (Phi) is 5.78. The van der Waals surface area contributed by atoms with Gasteiger partial charge in [0.1, 0.15) is 5.01 Å². The number of carbonyl (C=O) groups excluding carboxylic acids is 1. The number of aryl methyl sites for hydroxylation is 3. The molecule has 0 aliphatic carbocycles. The molecule has 0 saturated heterocycles. The number of amides is 1. The predicted octanol–water partition coefficient (Wildman–Crippen LogP) is 8.36. The molecule has 0 bridgehead atoms. The summed E-state index contributed by atoms with van der Waals surface area (Å²) in [5, 5.41) is 4.88. The van der Waals surface area contributed by atoms with Gasteiger partial charge in [-0.25, -0.2) is 9.97 Å². The molecule has 180 valence electrons. The smallest absolute Gasteiger partial charge is 0.256 e. The average Bonchev–Trinajstić information content (AvgIpc) is 3.33. The van der Waals surface area contributed by atoms with Crippen molar-refractivity contribution in [1.82, 2.24) is 9.97 Å². The van der Waals surface area contributed by atoms with Crippen LogP contribution in [0.3, 0.4) is 0 Å². The van der Waals surface area contributed by atoms with Crippen molar-refractivity contribution in [2.45, 2.75) is 20.8 Å². The van der Waals surface area contributed by atoms with Gasteiger partial charge in [-0.2, -0.15) is 0 Å². The first-order chi connectivity index (χ1) is 17.9. The summed E-state index contributed by atoms with van der Waals surface area (Å²) >= 11 is 1.68. The van der Waals surface area contributed by atoms with Gasteiger partial charge in [-0.3, -0.25) is 4.79 Å². The minimum absolute atomic E-state index is 0.160. The fourth-order valence-electron chi connectivity index (χ4n) is 4.46. The SMILES string of the molecule is Cc1ccc2nc(-c3ccc(NC(=O)c4cc(-c5ccc(C)c(C)c5)nc5ccccc45)cc3)sc2c1. The molecule has 0 fully saturated rings. The van der Waals surface area contributed by atoms with Crippen molar-refractivity contribution in [2.24, 2.45) is 0 Å². The number of nitrogens with one attached hydrogen (secondary N) is 1. The fourth-order valence-corrected chi connectivity index (χ4v) is 5.53. The maximum atomic E-state index is 13.5. The third-order valence-corrected chi connectivity index (χ3v) is 7.76. The first-order valence-electron chi connectivity index (χ1n) is 12.2. The van der Waals surface area contributed by atoms with E-state index in [4.69, 9.17) is 9.97 Å². The zero-order valence-electron chi connectivity index (χ0n) is 20.9. The quantitative estimate of drug-likeness (QED) is 0.265. The van der Waals surface area contributed by atoms with Gasteiger partial charge in [0.25, 0.3) is 5.91 Å². The third kappa shape index (κ3) is 4.50. The van der Waals surface area contributed by atoms with E-state index in [-0.39, 0.29) is 5.91 Å². The van der Waals surface area contributed by atoms with Gasteiger partial charge in [0.15, 0.2) is 0 Å². The number of para-hydroxylation sites is 1. The molecule has 0 aliphatic heterocycles. The van der Waals surface area contributed by atoms with Gasteiger partial charge in [-0.15, -0.1) is 11.3 Å². The van der Waals surface area contributed by atoms with Crippen molar-refractivity contribution in [1.29, 1.82) is 0 Å². The molecule has 0 unspecified atom stereocenters. The van der Waals surface area contributed by atoms with Gasteiger partial charge in [-0.05, 0) is 92.1 Å². The Hall–Kier alpha value is -4.35. The number of fused-ring (bicyclic) bond motifs is 2. The van der Waals surface area contributed by atoms with Crippen LogP contribution in [0.1, 0.15) is 27.0 Å². The maximum absolute atomic E-state index is 13.5. The summed E-state index contributed by atoms with van der Waals surface area (Å²) in [5.74, 6) is -0.160. The molecule has 1 amide bonds. The molecule has 6 aromatic rings. The normalized spacial score (nSPS) is 11.2. The first-order valence-corrected chi connectivity index (χ1v) is 13.0. The second kappa shape index (κ2) is 9.26. The standard InChI is InChI=1S/C32H25N3OS/c1-19-8-15-28-30(16-19)37-32(35-28)22-11-13-24(14-12-22)33-31(36)26-18-29(23-10-9-20(2)21(3)17-23)34-27-7-5-4-6-25(26)27/h4-18H,1-3H3,(H,33,36). The zero-order valence-corrected chi connectivity index (χ0v) is 21.7. The third-order valence-electron chi connectivity index (χ3n) is 6.70. The van der Waals surface area contributed by atoms with E-state index in [0.29, 0.717) is 5.56 Å². The zero-order chi connectivity index (χ0) is 25.5. The van der Waals surface area contributed by atoms with Crippen LogP contribution >= 0.6 is 11.3 Å². The van der Waals surface area contributed by atoms with E-state index in [1.807, 2.05) is 54.6 Å². The van der Waals surface area contributed by atoms with Gasteiger partial charge in [-0.1, -0.05) is 36.4 Å². The minimum Gasteiger partial charge on any atom is -0.322 e. The number of benzene rings is 4. The summed E-state index contributed by atoms with van der Waals surface area (Å²) in [5.41, 5.74) is 9.61. The fraction of sp³-hybridized carbons (Fsp3) is 0.0938. The van der Waals surface area contributed by atoms with E-state index in [1.54, 1.807) is 11.3 Å². The molecule has 0 atom stereocenters. The molecule has 4 nitrogen and oxygen atoms in total. The van der Waals surface area contributed by atoms with E-state index in [9.17, 15) is 4.79 Å². The second-order valence-electron chi connectivity index (χ2n) is 9.39. The summed E-state index contributed by atoms with van der Waals surface area (Å²) in [4.78, 5) is 23.1. The lowest BCUT2D eigenvalue weighted by Gasteiger charge is -2.12. The molecule has 6 rings (SSSR count). The highest BCUT2D eigenvalue weighted by molar-refractivity contribution is 7.21. The highest BCUT2D eigenvalue weighted by Gasteiger charge is 2.15. The number of pyridine rings is 1. The minimum atomic E-state index is -0.160. The average molecular weight is 500 g/mol. The Morgan fingerprint density at radius 2 is 1.51 bits per heavy atom. The lowest BCUT2D eigenvalue weighted by molar-refractivity contribution is 0.102. The van der Waals surface area contributed by atoms with E-state index in [0.717, 1.165) is 43.9 Å². The van der Waals surface area contributed by atoms with Gasteiger partial charge in [0.2, 0.25) is 0 Å². The highest BCUT2D eigenvalue weighted by atomic mass is 32.1. The lowest BCUT2D eigenvalue weighted by Crippen LogP contribution is -2.13. The van der Waals surface area contributed by atoms with Gasteiger partial charge in [0.05, 0.1) is 27.0 Å². The Morgan fingerprint density at radius 3 is 2.32 bits per heavy atom. The van der Waals surface area contributed by atoms with Crippen molar-refractivity contribution in [2.75, 3.05) is 5.32 Å². The van der Waals surface area contributed by atoms with Crippen LogP contribution < -0.4 is 5.32 Å². The summed E-state index contributed by atoms with van der Waals surface area (Å²) in [6, 6.07) is 30.1. The lowest BCUT2D eigenvalue weighted by atomic mass is 10.0. The number of rotatable bonds is 4. The van der Waals surface area contributed by atoms with Crippen molar-refractivity contribution < 1.29 is 4.79 Å². The van der Waals surface area contributed by atoms with Crippen LogP contribution in [0.5, 0.6) is 0 Å². The Balaban J connectivity index is 1.31. The number of carbonyl (C=O) groups is 1. The topological polar surface area (TPSA) is 54.9 Å². The van der Waals surface area contributed by atoms with Crippen LogP contribution in [-0.4, -0.2) is 15.9 Å². The molecule has 2 heterocycles. The molecule has 0 saturated carbocycles. The summed E-state index contributed by atoms with van der Waals surface area (Å²) in [6.45, 7) is 6.27. The van der Waals surface area contributed by atoms with Gasteiger partial charge < -0.3 is 5.32 Å². The molecule has 2 aromatic heterocycles. The first kappa shape index (κ1) is 23.1. The molecule has 37 heavy (non-hydrogen) atoms. The largest absolute Gasteiger partial charge is 0.322 e. The molecule has 1 N–H and O–H groups in total. The van der Waals surface area contributed by atoms with Gasteiger partial charge >= 0.3 is 0 Å². The molecular formula is C32H25N3OS. The second-order valence-corrected chi connectivity index (χ2v) is 10.4. The summed E-state index contributed by atoms with van der Waals surface area (Å²) < 4.78 is 1.18. The molecule has 5 heteroatoms. The highest BCUT2D eigenvalue weighted by Crippen LogP contribution is 2.32. The van der Waals surface area contributed by atoms with E-state index < -0.39 is 0 Å². The van der Waals surface area contributed by atoms with Crippen LogP contribution in [0.15, 0.2) is 91.0 Å². The van der Waals surface area contributed by atoms with Crippen LogP contribution in [0.2, 0.25) is 0 Å². The van der Waals surface area contributed by atoms with Crippen molar-refractivity contribution in [3.63, 3.8) is 0 Å². The number of hydrogen-bond acceptors (Lipinski definition) is 4. The van der Waals surface area contributed by atoms with Crippen LogP contribution in [-0.2, 0) is 0 Å². The number of thiazole rings is 1. The van der Waals surface area contributed by atoms with E-state index >= 15 is 0 Å². The Morgan fingerprint density at radius 1 is 0.730 bits per heavy atom. The number of anilines is 1. The number of hydrogen-bond donors (Lipinski definition) is 1. The van der Waals surface area contributed by atoms with Crippen molar-refractivity contribution in [3.05, 3.63) is 113 Å². The van der Waals surface area contributed by atoms with Crippen molar-refractivity contribution >= 4 is 44.1 Å². The van der Waals surface area contributed by atoms with Crippen LogP contribution in [0, 0.1) is 20.8 Å². The Bertz CT molecular complexity index is 1800.